The molecule has 9 heteroatoms. The molecule has 0 saturated carbocycles. The Balaban J connectivity index is 1.62. The minimum absolute atomic E-state index is 0.139. The fourth-order valence-electron chi connectivity index (χ4n) is 4.06. The van der Waals surface area contributed by atoms with E-state index in [1.54, 1.807) is 0 Å². The average Bonchev–Trinajstić information content (AvgIpc) is 2.81. The lowest BCUT2D eigenvalue weighted by molar-refractivity contribution is 0.439. The lowest BCUT2D eigenvalue weighted by atomic mass is 9.88. The van der Waals surface area contributed by atoms with Crippen LogP contribution < -0.4 is 0 Å². The van der Waals surface area contributed by atoms with Gasteiger partial charge >= 0.3 is 0 Å². The number of unbranched alkanes of at least 4 members (excludes halogenated alkanes) is 1. The van der Waals surface area contributed by atoms with E-state index in [1.807, 2.05) is 6.42 Å². The maximum atomic E-state index is 13.6. The Morgan fingerprint density at radius 3 is 1.28 bits per heavy atom. The Labute approximate surface area is 202 Å². The third-order valence-corrected chi connectivity index (χ3v) is 5.84. The van der Waals surface area contributed by atoms with E-state index in [-0.39, 0.29) is 41.9 Å². The van der Waals surface area contributed by atoms with Crippen LogP contribution >= 0.6 is 0 Å². The lowest BCUT2D eigenvalue weighted by Crippen LogP contribution is -2.08. The van der Waals surface area contributed by atoms with Crippen molar-refractivity contribution >= 4 is 0 Å². The minimum atomic E-state index is -1.58. The number of hydrogen-bond acceptors (Lipinski definition) is 0. The summed E-state index contributed by atoms with van der Waals surface area (Å²) in [4.78, 5) is 0. The van der Waals surface area contributed by atoms with Crippen LogP contribution in [0.1, 0.15) is 42.4 Å². The van der Waals surface area contributed by atoms with E-state index in [0.29, 0.717) is 25.7 Å². The second kappa shape index (κ2) is 12.3. The van der Waals surface area contributed by atoms with Gasteiger partial charge in [0, 0.05) is 0 Å². The van der Waals surface area contributed by atoms with Gasteiger partial charge in [-0.15, -0.1) is 0 Å². The molecule has 0 saturated heterocycles. The first-order valence-electron chi connectivity index (χ1n) is 11.3. The third kappa shape index (κ3) is 7.27. The van der Waals surface area contributed by atoms with Crippen LogP contribution in [0.5, 0.6) is 0 Å². The molecule has 0 aliphatic rings. The number of halogens is 9. The fourth-order valence-corrected chi connectivity index (χ4v) is 4.06. The van der Waals surface area contributed by atoms with E-state index in [9.17, 15) is 39.5 Å². The Morgan fingerprint density at radius 2 is 0.861 bits per heavy atom. The molecule has 3 rings (SSSR count). The van der Waals surface area contributed by atoms with Gasteiger partial charge in [0.15, 0.2) is 52.4 Å². The second-order valence-corrected chi connectivity index (χ2v) is 8.60. The van der Waals surface area contributed by atoms with Crippen LogP contribution in [0.2, 0.25) is 0 Å². The molecule has 1 atom stereocenters. The summed E-state index contributed by atoms with van der Waals surface area (Å²) in [5.41, 5.74) is 0.706. The highest BCUT2D eigenvalue weighted by molar-refractivity contribution is 5.22. The van der Waals surface area contributed by atoms with Gasteiger partial charge in [0.2, 0.25) is 0 Å². The zero-order valence-corrected chi connectivity index (χ0v) is 19.0. The van der Waals surface area contributed by atoms with Crippen LogP contribution in [0.25, 0.3) is 0 Å². The van der Waals surface area contributed by atoms with Gasteiger partial charge in [-0.25, -0.2) is 39.5 Å². The Hall–Kier alpha value is -2.97. The summed E-state index contributed by atoms with van der Waals surface area (Å²) >= 11 is 0. The molecule has 3 aromatic carbocycles. The molecule has 0 N–H and O–H groups in total. The van der Waals surface area contributed by atoms with Crippen molar-refractivity contribution in [3.8, 4) is 0 Å². The zero-order chi connectivity index (χ0) is 26.4. The SMILES string of the molecule is Fc1cc(CCC[CH]C(CCCc2cc(F)c(F)c(F)c2)Cc2cc(F)c(F)c(F)c2)cc(F)c1F. The van der Waals surface area contributed by atoms with Crippen LogP contribution in [-0.2, 0) is 19.3 Å². The highest BCUT2D eigenvalue weighted by atomic mass is 19.2. The zero-order valence-electron chi connectivity index (χ0n) is 19.0. The molecule has 0 aliphatic heterocycles. The van der Waals surface area contributed by atoms with Gasteiger partial charge in [-0.3, -0.25) is 0 Å². The first-order chi connectivity index (χ1) is 17.0. The van der Waals surface area contributed by atoms with Gasteiger partial charge in [-0.05, 0) is 110 Å². The summed E-state index contributed by atoms with van der Waals surface area (Å²) in [6, 6.07) is 5.36. The Bertz CT molecular complexity index is 1140. The first-order valence-corrected chi connectivity index (χ1v) is 11.3. The lowest BCUT2D eigenvalue weighted by Gasteiger charge is -2.17. The van der Waals surface area contributed by atoms with Crippen molar-refractivity contribution in [2.24, 2.45) is 5.92 Å². The molecule has 0 fully saturated rings. The highest BCUT2D eigenvalue weighted by Gasteiger charge is 2.17. The van der Waals surface area contributed by atoms with Gasteiger partial charge in [0.25, 0.3) is 0 Å². The normalized spacial score (nSPS) is 12.2. The first kappa shape index (κ1) is 27.6. The Morgan fingerprint density at radius 1 is 0.500 bits per heavy atom. The molecule has 0 nitrogen and oxygen atoms in total. The molecular weight excluding hydrogens is 495 g/mol. The predicted octanol–water partition coefficient (Wildman–Crippen LogP) is 8.35. The van der Waals surface area contributed by atoms with Crippen molar-refractivity contribution < 1.29 is 39.5 Å². The quantitative estimate of drug-likeness (QED) is 0.136. The molecule has 0 aliphatic carbocycles. The molecule has 0 amide bonds. The number of aryl methyl sites for hydroxylation is 2. The van der Waals surface area contributed by atoms with Gasteiger partial charge in [0.1, 0.15) is 0 Å². The minimum Gasteiger partial charge on any atom is -0.204 e. The molecule has 0 heterocycles. The van der Waals surface area contributed by atoms with Crippen LogP contribution in [0.15, 0.2) is 36.4 Å². The van der Waals surface area contributed by atoms with E-state index < -0.39 is 52.4 Å². The van der Waals surface area contributed by atoms with Crippen molar-refractivity contribution in [1.29, 1.82) is 0 Å². The van der Waals surface area contributed by atoms with Crippen molar-refractivity contribution in [1.82, 2.24) is 0 Å². The van der Waals surface area contributed by atoms with Crippen LogP contribution in [0.3, 0.4) is 0 Å². The molecule has 0 spiro atoms. The highest BCUT2D eigenvalue weighted by Crippen LogP contribution is 2.25. The number of hydrogen-bond donors (Lipinski definition) is 0. The summed E-state index contributed by atoms with van der Waals surface area (Å²) in [6.07, 6.45) is 4.09. The smallest absolute Gasteiger partial charge is 0.194 e. The third-order valence-electron chi connectivity index (χ3n) is 5.84. The second-order valence-electron chi connectivity index (χ2n) is 8.60. The monoisotopic (exact) mass is 517 g/mol. The van der Waals surface area contributed by atoms with Gasteiger partial charge < -0.3 is 0 Å². The van der Waals surface area contributed by atoms with Crippen LogP contribution in [0, 0.1) is 64.7 Å². The van der Waals surface area contributed by atoms with Gasteiger partial charge in [0.05, 0.1) is 0 Å². The molecule has 1 radical (unpaired) electrons. The van der Waals surface area contributed by atoms with Crippen molar-refractivity contribution in [3.05, 3.63) is 112 Å². The maximum absolute atomic E-state index is 13.6. The van der Waals surface area contributed by atoms with Crippen molar-refractivity contribution in [3.63, 3.8) is 0 Å². The van der Waals surface area contributed by atoms with Gasteiger partial charge in [-0.1, -0.05) is 0 Å². The summed E-state index contributed by atoms with van der Waals surface area (Å²) in [5, 5.41) is 0. The molecule has 1 unspecified atom stereocenters. The van der Waals surface area contributed by atoms with E-state index >= 15 is 0 Å². The molecule has 0 aromatic heterocycles. The van der Waals surface area contributed by atoms with Crippen molar-refractivity contribution in [2.75, 3.05) is 0 Å². The average molecular weight is 517 g/mol. The fraction of sp³-hybridized carbons (Fsp3) is 0.296. The number of benzene rings is 3. The van der Waals surface area contributed by atoms with E-state index in [2.05, 4.69) is 0 Å². The standard InChI is InChI=1S/C27H22F9/c28-19-9-16(10-20(29)25(19)34)5-2-1-4-15(8-18-13-23(32)27(36)24(33)14-18)6-3-7-17-11-21(30)26(35)22(31)12-17/h4,9-15H,1-3,5-8H2. The summed E-state index contributed by atoms with van der Waals surface area (Å²) in [7, 11) is 0. The van der Waals surface area contributed by atoms with E-state index in [1.165, 1.54) is 0 Å². The van der Waals surface area contributed by atoms with Crippen molar-refractivity contribution in [2.45, 2.75) is 44.9 Å². The molecule has 193 valence electrons. The molecule has 36 heavy (non-hydrogen) atoms. The molecule has 3 aromatic rings. The van der Waals surface area contributed by atoms with E-state index in [4.69, 9.17) is 0 Å². The Kier molecular flexibility index (Phi) is 9.45. The summed E-state index contributed by atoms with van der Waals surface area (Å²) in [6.45, 7) is 0. The largest absolute Gasteiger partial charge is 0.204 e. The predicted molar refractivity (Wildman–Crippen MR) is 116 cm³/mol. The summed E-state index contributed by atoms with van der Waals surface area (Å²) < 4.78 is 121. The summed E-state index contributed by atoms with van der Waals surface area (Å²) in [5.74, 6) is -12.8. The molecular formula is C27H22F9. The maximum Gasteiger partial charge on any atom is 0.194 e. The number of rotatable bonds is 11. The van der Waals surface area contributed by atoms with Gasteiger partial charge in [-0.2, -0.15) is 0 Å². The van der Waals surface area contributed by atoms with Crippen LogP contribution in [0.4, 0.5) is 39.5 Å². The molecule has 0 bridgehead atoms. The van der Waals surface area contributed by atoms with Crippen LogP contribution in [-0.4, -0.2) is 0 Å². The van der Waals surface area contributed by atoms with E-state index in [0.717, 1.165) is 36.4 Å². The topological polar surface area (TPSA) is 0 Å².